The Labute approximate surface area is 124 Å². The van der Waals surface area contributed by atoms with Gasteiger partial charge in [-0.25, -0.2) is 0 Å². The van der Waals surface area contributed by atoms with Crippen LogP contribution in [0.5, 0.6) is 5.75 Å². The molecule has 0 aliphatic carbocycles. The zero-order valence-corrected chi connectivity index (χ0v) is 12.7. The standard InChI is InChI=1S/C16H19ClN2O/c1-4-19-16(14-7-8-18-10-15(14)17)13-6-5-12(20-3)9-11(13)2/h5-10,16,19H,4H2,1-3H3. The highest BCUT2D eigenvalue weighted by molar-refractivity contribution is 6.31. The lowest BCUT2D eigenvalue weighted by Crippen LogP contribution is -2.23. The highest BCUT2D eigenvalue weighted by Crippen LogP contribution is 2.31. The Morgan fingerprint density at radius 3 is 2.70 bits per heavy atom. The first-order chi connectivity index (χ1) is 9.67. The number of aryl methyl sites for hydroxylation is 1. The van der Waals surface area contributed by atoms with Crippen LogP contribution >= 0.6 is 11.6 Å². The van der Waals surface area contributed by atoms with Gasteiger partial charge in [-0.05, 0) is 48.4 Å². The fraction of sp³-hybridized carbons (Fsp3) is 0.312. The molecular weight excluding hydrogens is 272 g/mol. The molecule has 0 radical (unpaired) electrons. The molecule has 1 heterocycles. The summed E-state index contributed by atoms with van der Waals surface area (Å²) in [5.74, 6) is 0.863. The molecule has 1 aromatic carbocycles. The van der Waals surface area contributed by atoms with Crippen LogP contribution in [0.3, 0.4) is 0 Å². The summed E-state index contributed by atoms with van der Waals surface area (Å²) in [7, 11) is 1.68. The Kier molecular flexibility index (Phi) is 4.99. The second kappa shape index (κ2) is 6.73. The zero-order chi connectivity index (χ0) is 14.5. The predicted molar refractivity (Wildman–Crippen MR) is 82.5 cm³/mol. The predicted octanol–water partition coefficient (Wildman–Crippen LogP) is 3.75. The van der Waals surface area contributed by atoms with E-state index in [-0.39, 0.29) is 6.04 Å². The smallest absolute Gasteiger partial charge is 0.119 e. The van der Waals surface area contributed by atoms with Gasteiger partial charge in [-0.2, -0.15) is 0 Å². The molecule has 0 saturated carbocycles. The zero-order valence-electron chi connectivity index (χ0n) is 12.0. The van der Waals surface area contributed by atoms with E-state index in [0.717, 1.165) is 17.9 Å². The van der Waals surface area contributed by atoms with Gasteiger partial charge in [0.05, 0.1) is 18.2 Å². The molecule has 0 amide bonds. The number of halogens is 1. The van der Waals surface area contributed by atoms with Crippen LogP contribution in [0.1, 0.15) is 29.7 Å². The Morgan fingerprint density at radius 1 is 1.30 bits per heavy atom. The van der Waals surface area contributed by atoms with Crippen LogP contribution in [0, 0.1) is 6.92 Å². The van der Waals surface area contributed by atoms with E-state index < -0.39 is 0 Å². The van der Waals surface area contributed by atoms with E-state index in [2.05, 4.69) is 30.2 Å². The number of pyridine rings is 1. The molecule has 3 nitrogen and oxygen atoms in total. The maximum Gasteiger partial charge on any atom is 0.119 e. The number of nitrogens with one attached hydrogen (secondary N) is 1. The average molecular weight is 291 g/mol. The molecule has 0 aliphatic heterocycles. The number of hydrogen-bond donors (Lipinski definition) is 1. The van der Waals surface area contributed by atoms with Crippen LogP contribution in [-0.4, -0.2) is 18.6 Å². The number of hydrogen-bond acceptors (Lipinski definition) is 3. The molecule has 20 heavy (non-hydrogen) atoms. The van der Waals surface area contributed by atoms with E-state index in [1.54, 1.807) is 19.5 Å². The number of nitrogens with zero attached hydrogens (tertiary/aromatic N) is 1. The van der Waals surface area contributed by atoms with Gasteiger partial charge in [0.2, 0.25) is 0 Å². The van der Waals surface area contributed by atoms with E-state index in [0.29, 0.717) is 5.02 Å². The number of ether oxygens (including phenoxy) is 1. The van der Waals surface area contributed by atoms with Crippen LogP contribution in [0.4, 0.5) is 0 Å². The van der Waals surface area contributed by atoms with Gasteiger partial charge in [0, 0.05) is 12.4 Å². The van der Waals surface area contributed by atoms with Crippen molar-refractivity contribution in [3.05, 3.63) is 58.4 Å². The minimum atomic E-state index is 0.0569. The molecule has 0 aliphatic rings. The molecule has 1 aromatic heterocycles. The maximum absolute atomic E-state index is 6.29. The van der Waals surface area contributed by atoms with Gasteiger partial charge in [0.15, 0.2) is 0 Å². The summed E-state index contributed by atoms with van der Waals surface area (Å²) in [6, 6.07) is 8.11. The minimum absolute atomic E-state index is 0.0569. The third-order valence-corrected chi connectivity index (χ3v) is 3.63. The van der Waals surface area contributed by atoms with Gasteiger partial charge in [-0.15, -0.1) is 0 Å². The number of methoxy groups -OCH3 is 1. The molecule has 0 fully saturated rings. The fourth-order valence-corrected chi connectivity index (χ4v) is 2.54. The monoisotopic (exact) mass is 290 g/mol. The molecule has 0 spiro atoms. The Morgan fingerprint density at radius 2 is 2.10 bits per heavy atom. The Balaban J connectivity index is 2.46. The molecule has 0 saturated heterocycles. The fourth-order valence-electron chi connectivity index (χ4n) is 2.31. The van der Waals surface area contributed by atoms with Gasteiger partial charge in [-0.3, -0.25) is 4.98 Å². The topological polar surface area (TPSA) is 34.1 Å². The molecule has 2 aromatic rings. The van der Waals surface area contributed by atoms with Crippen molar-refractivity contribution < 1.29 is 4.74 Å². The first kappa shape index (κ1) is 14.8. The number of benzene rings is 1. The highest BCUT2D eigenvalue weighted by atomic mass is 35.5. The largest absolute Gasteiger partial charge is 0.497 e. The van der Waals surface area contributed by atoms with Crippen molar-refractivity contribution in [2.45, 2.75) is 19.9 Å². The van der Waals surface area contributed by atoms with Gasteiger partial charge in [0.1, 0.15) is 5.75 Å². The summed E-state index contributed by atoms with van der Waals surface area (Å²) in [5, 5.41) is 4.16. The normalized spacial score (nSPS) is 12.2. The molecular formula is C16H19ClN2O. The van der Waals surface area contributed by atoms with Crippen LogP contribution in [0.25, 0.3) is 0 Å². The first-order valence-corrected chi connectivity index (χ1v) is 7.02. The van der Waals surface area contributed by atoms with Crippen LogP contribution in [-0.2, 0) is 0 Å². The van der Waals surface area contributed by atoms with E-state index >= 15 is 0 Å². The summed E-state index contributed by atoms with van der Waals surface area (Å²) in [6.45, 7) is 5.02. The molecule has 0 bridgehead atoms. The lowest BCUT2D eigenvalue weighted by atomic mass is 9.95. The number of aromatic nitrogens is 1. The molecule has 1 unspecified atom stereocenters. The van der Waals surface area contributed by atoms with Crippen molar-refractivity contribution in [2.75, 3.05) is 13.7 Å². The van der Waals surface area contributed by atoms with Gasteiger partial charge < -0.3 is 10.1 Å². The van der Waals surface area contributed by atoms with Crippen LogP contribution in [0.15, 0.2) is 36.7 Å². The summed E-state index contributed by atoms with van der Waals surface area (Å²) < 4.78 is 5.26. The third kappa shape index (κ3) is 3.11. The van der Waals surface area contributed by atoms with Crippen LogP contribution in [0.2, 0.25) is 5.02 Å². The Hall–Kier alpha value is -1.58. The lowest BCUT2D eigenvalue weighted by Gasteiger charge is -2.22. The summed E-state index contributed by atoms with van der Waals surface area (Å²) in [4.78, 5) is 4.05. The first-order valence-electron chi connectivity index (χ1n) is 6.64. The van der Waals surface area contributed by atoms with Gasteiger partial charge in [0.25, 0.3) is 0 Å². The molecule has 106 valence electrons. The van der Waals surface area contributed by atoms with Gasteiger partial charge in [-0.1, -0.05) is 24.6 Å². The lowest BCUT2D eigenvalue weighted by molar-refractivity contribution is 0.414. The van der Waals surface area contributed by atoms with E-state index in [1.807, 2.05) is 18.2 Å². The van der Waals surface area contributed by atoms with E-state index in [9.17, 15) is 0 Å². The summed E-state index contributed by atoms with van der Waals surface area (Å²) in [5.41, 5.74) is 3.40. The van der Waals surface area contributed by atoms with E-state index in [4.69, 9.17) is 16.3 Å². The van der Waals surface area contributed by atoms with Crippen LogP contribution < -0.4 is 10.1 Å². The molecule has 1 atom stereocenters. The van der Waals surface area contributed by atoms with Crippen molar-refractivity contribution >= 4 is 11.6 Å². The maximum atomic E-state index is 6.29. The van der Waals surface area contributed by atoms with E-state index in [1.165, 1.54) is 11.1 Å². The minimum Gasteiger partial charge on any atom is -0.497 e. The van der Waals surface area contributed by atoms with Crippen molar-refractivity contribution in [1.82, 2.24) is 10.3 Å². The van der Waals surface area contributed by atoms with Crippen molar-refractivity contribution in [1.29, 1.82) is 0 Å². The second-order valence-corrected chi connectivity index (χ2v) is 5.02. The molecule has 1 N–H and O–H groups in total. The average Bonchev–Trinajstić information content (AvgIpc) is 2.46. The third-order valence-electron chi connectivity index (χ3n) is 3.31. The summed E-state index contributed by atoms with van der Waals surface area (Å²) >= 11 is 6.29. The van der Waals surface area contributed by atoms with Gasteiger partial charge >= 0.3 is 0 Å². The number of rotatable bonds is 5. The summed E-state index contributed by atoms with van der Waals surface area (Å²) in [6.07, 6.45) is 3.45. The van der Waals surface area contributed by atoms with Crippen molar-refractivity contribution in [3.8, 4) is 5.75 Å². The SMILES string of the molecule is CCNC(c1ccc(OC)cc1C)c1ccncc1Cl. The molecule has 2 rings (SSSR count). The quantitative estimate of drug-likeness (QED) is 0.910. The Bertz CT molecular complexity index is 586. The van der Waals surface area contributed by atoms with Crippen molar-refractivity contribution in [2.24, 2.45) is 0 Å². The molecule has 4 heteroatoms. The van der Waals surface area contributed by atoms with Crippen molar-refractivity contribution in [3.63, 3.8) is 0 Å². The highest BCUT2D eigenvalue weighted by Gasteiger charge is 2.18. The second-order valence-electron chi connectivity index (χ2n) is 4.61.